The number of amides is 1. The molecule has 25 heavy (non-hydrogen) atoms. The van der Waals surface area contributed by atoms with E-state index < -0.39 is 12.6 Å². The Bertz CT molecular complexity index is 788. The molecule has 132 valence electrons. The minimum atomic E-state index is -1.03. The molecule has 1 aliphatic heterocycles. The van der Waals surface area contributed by atoms with Crippen LogP contribution < -0.4 is 10.1 Å². The Morgan fingerprint density at radius 3 is 2.72 bits per heavy atom. The average molecular weight is 343 g/mol. The van der Waals surface area contributed by atoms with Crippen molar-refractivity contribution in [3.05, 3.63) is 36.4 Å². The normalized spacial score (nSPS) is 20.2. The van der Waals surface area contributed by atoms with Crippen LogP contribution in [0.5, 0.6) is 5.75 Å². The van der Waals surface area contributed by atoms with Crippen LogP contribution in [-0.4, -0.2) is 36.3 Å². The van der Waals surface area contributed by atoms with Gasteiger partial charge >= 0.3 is 5.97 Å². The van der Waals surface area contributed by atoms with Crippen LogP contribution in [0, 0.1) is 5.92 Å². The van der Waals surface area contributed by atoms with Crippen molar-refractivity contribution in [1.29, 1.82) is 0 Å². The standard InChI is InChI=1S/C19H21NO5/c1-12-10-13(8-9-24-12)19(23)20-16-6-7-17(25-11-18(21)22)15-5-3-2-4-14(15)16/h2-7,12-13H,8-11H2,1H3,(H,20,23)(H,21,22)/t12-,13-/m0/s1. The topological polar surface area (TPSA) is 84.9 Å². The predicted molar refractivity (Wildman–Crippen MR) is 93.8 cm³/mol. The SMILES string of the molecule is C[C@H]1C[C@@H](C(=O)Nc2ccc(OCC(=O)O)c3ccccc23)CCO1. The molecular formula is C19H21NO5. The van der Waals surface area contributed by atoms with Crippen LogP contribution in [0.1, 0.15) is 19.8 Å². The van der Waals surface area contributed by atoms with Gasteiger partial charge in [-0.1, -0.05) is 24.3 Å². The van der Waals surface area contributed by atoms with E-state index in [2.05, 4.69) is 5.32 Å². The Morgan fingerprint density at radius 1 is 1.24 bits per heavy atom. The quantitative estimate of drug-likeness (QED) is 0.871. The fourth-order valence-corrected chi connectivity index (χ4v) is 3.12. The highest BCUT2D eigenvalue weighted by Gasteiger charge is 2.26. The summed E-state index contributed by atoms with van der Waals surface area (Å²) in [6.45, 7) is 2.17. The molecule has 0 bridgehead atoms. The number of ether oxygens (including phenoxy) is 2. The molecule has 0 unspecified atom stereocenters. The third-order valence-electron chi connectivity index (χ3n) is 4.35. The molecule has 6 nitrogen and oxygen atoms in total. The lowest BCUT2D eigenvalue weighted by Gasteiger charge is -2.26. The first-order valence-corrected chi connectivity index (χ1v) is 8.33. The molecule has 1 heterocycles. The molecule has 0 spiro atoms. The zero-order valence-corrected chi connectivity index (χ0v) is 14.0. The highest BCUT2D eigenvalue weighted by Crippen LogP contribution is 2.32. The van der Waals surface area contributed by atoms with Crippen molar-refractivity contribution in [2.24, 2.45) is 5.92 Å². The van der Waals surface area contributed by atoms with Gasteiger partial charge < -0.3 is 19.9 Å². The summed E-state index contributed by atoms with van der Waals surface area (Å²) in [6.07, 6.45) is 1.52. The van der Waals surface area contributed by atoms with Crippen LogP contribution in [0.3, 0.4) is 0 Å². The Balaban J connectivity index is 1.83. The van der Waals surface area contributed by atoms with Gasteiger partial charge in [-0.05, 0) is 31.9 Å². The van der Waals surface area contributed by atoms with Gasteiger partial charge in [0.05, 0.1) is 6.10 Å². The van der Waals surface area contributed by atoms with Gasteiger partial charge in [0.1, 0.15) is 5.75 Å². The van der Waals surface area contributed by atoms with Crippen molar-refractivity contribution in [2.45, 2.75) is 25.9 Å². The zero-order chi connectivity index (χ0) is 17.8. The molecule has 0 radical (unpaired) electrons. The van der Waals surface area contributed by atoms with Crippen molar-refractivity contribution in [1.82, 2.24) is 0 Å². The van der Waals surface area contributed by atoms with Crippen molar-refractivity contribution in [3.63, 3.8) is 0 Å². The number of carboxylic acid groups (broad SMARTS) is 1. The van der Waals surface area contributed by atoms with E-state index in [1.165, 1.54) is 0 Å². The number of hydrogen-bond donors (Lipinski definition) is 2. The molecule has 0 aromatic heterocycles. The first-order valence-electron chi connectivity index (χ1n) is 8.33. The summed E-state index contributed by atoms with van der Waals surface area (Å²) >= 11 is 0. The molecule has 1 amide bonds. The summed E-state index contributed by atoms with van der Waals surface area (Å²) < 4.78 is 10.8. The first-order chi connectivity index (χ1) is 12.0. The van der Waals surface area contributed by atoms with Gasteiger partial charge in [-0.15, -0.1) is 0 Å². The smallest absolute Gasteiger partial charge is 0.341 e. The van der Waals surface area contributed by atoms with Gasteiger partial charge in [0.15, 0.2) is 6.61 Å². The van der Waals surface area contributed by atoms with Crippen molar-refractivity contribution in [3.8, 4) is 5.75 Å². The third-order valence-corrected chi connectivity index (χ3v) is 4.35. The van der Waals surface area contributed by atoms with Crippen LogP contribution in [0.2, 0.25) is 0 Å². The molecule has 6 heteroatoms. The summed E-state index contributed by atoms with van der Waals surface area (Å²) in [6, 6.07) is 10.9. The van der Waals surface area contributed by atoms with Crippen LogP contribution in [0.4, 0.5) is 5.69 Å². The molecule has 0 saturated carbocycles. The van der Waals surface area contributed by atoms with E-state index in [9.17, 15) is 9.59 Å². The number of fused-ring (bicyclic) bond motifs is 1. The summed E-state index contributed by atoms with van der Waals surface area (Å²) in [7, 11) is 0. The number of carbonyl (C=O) groups is 2. The lowest BCUT2D eigenvalue weighted by Crippen LogP contribution is -2.32. The minimum Gasteiger partial charge on any atom is -0.481 e. The van der Waals surface area contributed by atoms with Crippen molar-refractivity contribution in [2.75, 3.05) is 18.5 Å². The lowest BCUT2D eigenvalue weighted by molar-refractivity contribution is -0.139. The number of hydrogen-bond acceptors (Lipinski definition) is 4. The fourth-order valence-electron chi connectivity index (χ4n) is 3.12. The van der Waals surface area contributed by atoms with Crippen LogP contribution in [-0.2, 0) is 14.3 Å². The predicted octanol–water partition coefficient (Wildman–Crippen LogP) is 3.06. The number of carbonyl (C=O) groups excluding carboxylic acids is 1. The Morgan fingerprint density at radius 2 is 2.00 bits per heavy atom. The molecule has 2 aromatic carbocycles. The Hall–Kier alpha value is -2.60. The maximum atomic E-state index is 12.6. The summed E-state index contributed by atoms with van der Waals surface area (Å²) in [5.74, 6) is -0.629. The number of benzene rings is 2. The maximum absolute atomic E-state index is 12.6. The highest BCUT2D eigenvalue weighted by atomic mass is 16.5. The molecule has 2 atom stereocenters. The molecular weight excluding hydrogens is 322 g/mol. The second-order valence-electron chi connectivity index (χ2n) is 6.23. The van der Waals surface area contributed by atoms with Gasteiger partial charge in [-0.3, -0.25) is 4.79 Å². The van der Waals surface area contributed by atoms with Crippen molar-refractivity contribution < 1.29 is 24.2 Å². The second kappa shape index (κ2) is 7.53. The molecule has 1 saturated heterocycles. The van der Waals surface area contributed by atoms with Crippen LogP contribution >= 0.6 is 0 Å². The fraction of sp³-hybridized carbons (Fsp3) is 0.368. The average Bonchev–Trinajstić information content (AvgIpc) is 2.61. The molecule has 1 aliphatic rings. The minimum absolute atomic E-state index is 0.0143. The largest absolute Gasteiger partial charge is 0.481 e. The van der Waals surface area contributed by atoms with E-state index in [0.717, 1.165) is 10.8 Å². The number of nitrogens with one attached hydrogen (secondary N) is 1. The third kappa shape index (κ3) is 4.09. The molecule has 3 rings (SSSR count). The van der Waals surface area contributed by atoms with E-state index in [1.54, 1.807) is 12.1 Å². The van der Waals surface area contributed by atoms with Gasteiger partial charge in [0, 0.05) is 29.0 Å². The van der Waals surface area contributed by atoms with Gasteiger partial charge in [0.2, 0.25) is 5.91 Å². The highest BCUT2D eigenvalue weighted by molar-refractivity contribution is 6.04. The lowest BCUT2D eigenvalue weighted by atomic mass is 9.95. The van der Waals surface area contributed by atoms with Gasteiger partial charge in [0.25, 0.3) is 0 Å². The van der Waals surface area contributed by atoms with E-state index >= 15 is 0 Å². The van der Waals surface area contributed by atoms with E-state index in [4.69, 9.17) is 14.6 Å². The molecule has 2 N–H and O–H groups in total. The van der Waals surface area contributed by atoms with Crippen molar-refractivity contribution >= 4 is 28.3 Å². The zero-order valence-electron chi connectivity index (χ0n) is 14.0. The van der Waals surface area contributed by atoms with E-state index in [0.29, 0.717) is 30.9 Å². The number of aliphatic carboxylic acids is 1. The maximum Gasteiger partial charge on any atom is 0.341 e. The van der Waals surface area contributed by atoms with Gasteiger partial charge in [-0.2, -0.15) is 0 Å². The first kappa shape index (κ1) is 17.2. The summed E-state index contributed by atoms with van der Waals surface area (Å²) in [4.78, 5) is 23.3. The summed E-state index contributed by atoms with van der Waals surface area (Å²) in [5, 5.41) is 13.4. The Kier molecular flexibility index (Phi) is 5.19. The Labute approximate surface area is 145 Å². The molecule has 0 aliphatic carbocycles. The number of anilines is 1. The van der Waals surface area contributed by atoms with E-state index in [1.807, 2.05) is 31.2 Å². The summed E-state index contributed by atoms with van der Waals surface area (Å²) in [5.41, 5.74) is 0.697. The van der Waals surface area contributed by atoms with Crippen LogP contribution in [0.15, 0.2) is 36.4 Å². The van der Waals surface area contributed by atoms with Gasteiger partial charge in [-0.25, -0.2) is 4.79 Å². The number of rotatable bonds is 5. The second-order valence-corrected chi connectivity index (χ2v) is 6.23. The number of carboxylic acids is 1. The monoisotopic (exact) mass is 343 g/mol. The molecule has 2 aromatic rings. The van der Waals surface area contributed by atoms with Crippen LogP contribution in [0.25, 0.3) is 10.8 Å². The van der Waals surface area contributed by atoms with E-state index in [-0.39, 0.29) is 17.9 Å². The molecule has 1 fully saturated rings.